The highest BCUT2D eigenvalue weighted by molar-refractivity contribution is 5.93. The number of aliphatic hydroxyl groups excluding tert-OH is 2. The molecule has 11 nitrogen and oxygen atoms in total. The number of carbonyl (C=O) groups is 2. The Morgan fingerprint density at radius 2 is 1.56 bits per heavy atom. The van der Waals surface area contributed by atoms with Gasteiger partial charge >= 0.3 is 0 Å². The number of ether oxygens (including phenoxy) is 2. The molecule has 1 heterocycles. The van der Waals surface area contributed by atoms with Crippen molar-refractivity contribution in [3.05, 3.63) is 119 Å². The maximum absolute atomic E-state index is 12.8. The van der Waals surface area contributed by atoms with Crippen LogP contribution in [0.25, 0.3) is 0 Å². The molecule has 4 aromatic rings. The van der Waals surface area contributed by atoms with Gasteiger partial charge in [-0.3, -0.25) is 9.59 Å². The third-order valence-electron chi connectivity index (χ3n) is 9.10. The van der Waals surface area contributed by atoms with E-state index in [4.69, 9.17) is 15.2 Å². The molecule has 1 aliphatic rings. The number of benzene rings is 4. The number of carbonyl (C=O) groups excluding carboxylic acids is 2. The maximum Gasteiger partial charge on any atom is 0.224 e. The molecule has 0 bridgehead atoms. The topological polar surface area (TPSA) is 167 Å². The lowest BCUT2D eigenvalue weighted by Gasteiger charge is -2.38. The number of nitrogens with one attached hydrogen (secondary N) is 2. The normalized spacial score (nSPS) is 17.8. The van der Waals surface area contributed by atoms with Crippen LogP contribution < -0.4 is 16.4 Å². The van der Waals surface area contributed by atoms with Gasteiger partial charge in [-0.1, -0.05) is 73.5 Å². The zero-order valence-corrected chi connectivity index (χ0v) is 29.6. The standard InChI is InChI=1S/C41H50N4O7/c1-45(26-37(48)30-10-9-13-33(47)23-30)25-34-24-38(29-20-18-28(27-46)19-21-29)52-41(51-34)31-11-8-12-32(22-31)43-39(49)16-4-2-3-5-17-40(50)44-36-15-7-6-14-35(36)42/h6-15,18-23,34,37-38,41,46-48H,2-5,16-17,24-27,42H2,1H3,(H,43,49)(H,44,50)/t34-,37+,38+,41+/m0/s1. The van der Waals surface area contributed by atoms with E-state index >= 15 is 0 Å². The number of phenols is 1. The molecule has 1 fully saturated rings. The molecule has 5 rings (SSSR count). The van der Waals surface area contributed by atoms with E-state index in [1.165, 1.54) is 0 Å². The fraction of sp³-hybridized carbons (Fsp3) is 0.366. The van der Waals surface area contributed by atoms with Gasteiger partial charge in [0.25, 0.3) is 0 Å². The molecule has 276 valence electrons. The molecule has 0 radical (unpaired) electrons. The minimum absolute atomic E-state index is 0.0465. The Morgan fingerprint density at radius 3 is 2.27 bits per heavy atom. The summed E-state index contributed by atoms with van der Waals surface area (Å²) >= 11 is 0. The van der Waals surface area contributed by atoms with Crippen molar-refractivity contribution in [3.63, 3.8) is 0 Å². The number of phenolic OH excluding ortho intramolecular Hbond substituents is 1. The van der Waals surface area contributed by atoms with Crippen LogP contribution in [0.1, 0.15) is 85.7 Å². The number of anilines is 3. The largest absolute Gasteiger partial charge is 0.508 e. The second-order valence-corrected chi connectivity index (χ2v) is 13.4. The van der Waals surface area contributed by atoms with Crippen LogP contribution >= 0.6 is 0 Å². The summed E-state index contributed by atoms with van der Waals surface area (Å²) in [5, 5.41) is 36.1. The molecule has 0 aliphatic carbocycles. The van der Waals surface area contributed by atoms with Gasteiger partial charge in [0.15, 0.2) is 6.29 Å². The van der Waals surface area contributed by atoms with Gasteiger partial charge in [-0.2, -0.15) is 0 Å². The Labute approximate surface area is 305 Å². The summed E-state index contributed by atoms with van der Waals surface area (Å²) in [5.74, 6) is -0.0615. The molecule has 7 N–H and O–H groups in total. The van der Waals surface area contributed by atoms with E-state index in [0.717, 1.165) is 36.0 Å². The van der Waals surface area contributed by atoms with E-state index in [0.29, 0.717) is 61.4 Å². The zero-order chi connectivity index (χ0) is 36.9. The third-order valence-corrected chi connectivity index (χ3v) is 9.10. The number of nitrogens with two attached hydrogens (primary N) is 1. The van der Waals surface area contributed by atoms with Gasteiger partial charge in [0.2, 0.25) is 11.8 Å². The van der Waals surface area contributed by atoms with Crippen molar-refractivity contribution in [3.8, 4) is 5.75 Å². The van der Waals surface area contributed by atoms with Gasteiger partial charge in [-0.05, 0) is 73.0 Å². The minimum atomic E-state index is -0.790. The number of nitrogens with zero attached hydrogens (tertiary/aromatic N) is 1. The smallest absolute Gasteiger partial charge is 0.224 e. The Balaban J connectivity index is 1.14. The summed E-state index contributed by atoms with van der Waals surface area (Å²) in [4.78, 5) is 27.1. The highest BCUT2D eigenvalue weighted by Crippen LogP contribution is 2.39. The number of aromatic hydroxyl groups is 1. The number of amides is 2. The van der Waals surface area contributed by atoms with Gasteiger partial charge in [0.05, 0.1) is 36.3 Å². The number of unbranched alkanes of at least 4 members (excludes halogenated alkanes) is 3. The van der Waals surface area contributed by atoms with Crippen LogP contribution in [0.4, 0.5) is 17.1 Å². The number of para-hydroxylation sites is 2. The van der Waals surface area contributed by atoms with E-state index in [9.17, 15) is 24.9 Å². The van der Waals surface area contributed by atoms with E-state index < -0.39 is 12.4 Å². The first kappa shape index (κ1) is 38.5. The quantitative estimate of drug-likeness (QED) is 0.0523. The summed E-state index contributed by atoms with van der Waals surface area (Å²) in [6, 6.07) is 28.9. The van der Waals surface area contributed by atoms with Gasteiger partial charge in [0.1, 0.15) is 5.75 Å². The second-order valence-electron chi connectivity index (χ2n) is 13.4. The highest BCUT2D eigenvalue weighted by atomic mass is 16.7. The fourth-order valence-electron chi connectivity index (χ4n) is 6.32. The monoisotopic (exact) mass is 710 g/mol. The number of nitrogen functional groups attached to an aromatic ring is 1. The van der Waals surface area contributed by atoms with Crippen LogP contribution in [0.5, 0.6) is 5.75 Å². The molecular formula is C41H50N4O7. The van der Waals surface area contributed by atoms with E-state index in [2.05, 4.69) is 10.6 Å². The highest BCUT2D eigenvalue weighted by Gasteiger charge is 2.33. The van der Waals surface area contributed by atoms with Crippen molar-refractivity contribution in [2.75, 3.05) is 36.5 Å². The first-order valence-electron chi connectivity index (χ1n) is 17.9. The number of likely N-dealkylation sites (N-methyl/N-ethyl adjacent to an activating group) is 1. The third kappa shape index (κ3) is 11.6. The Hall–Kier alpha value is -4.78. The first-order chi connectivity index (χ1) is 25.2. The predicted octanol–water partition coefficient (Wildman–Crippen LogP) is 6.60. The van der Waals surface area contributed by atoms with Crippen LogP contribution in [-0.4, -0.2) is 58.3 Å². The second kappa shape index (κ2) is 19.2. The SMILES string of the molecule is CN(C[C@@H]1C[C@H](c2ccc(CO)cc2)O[C@H](c2cccc(NC(=O)CCCCCCC(=O)Nc3ccccc3N)c2)O1)C[C@@H](O)c1cccc(O)c1. The summed E-state index contributed by atoms with van der Waals surface area (Å²) in [7, 11) is 1.92. The average Bonchev–Trinajstić information content (AvgIpc) is 3.14. The van der Waals surface area contributed by atoms with Crippen molar-refractivity contribution in [2.45, 2.75) is 76.2 Å². The van der Waals surface area contributed by atoms with Crippen LogP contribution in [0, 0.1) is 0 Å². The molecule has 2 amide bonds. The van der Waals surface area contributed by atoms with Crippen molar-refractivity contribution >= 4 is 28.9 Å². The molecule has 0 saturated carbocycles. The van der Waals surface area contributed by atoms with Gasteiger partial charge in [-0.25, -0.2) is 0 Å². The van der Waals surface area contributed by atoms with Crippen molar-refractivity contribution in [1.82, 2.24) is 4.90 Å². The fourth-order valence-corrected chi connectivity index (χ4v) is 6.32. The van der Waals surface area contributed by atoms with Gasteiger partial charge in [0, 0.05) is 43.6 Å². The van der Waals surface area contributed by atoms with Gasteiger partial charge in [-0.15, -0.1) is 0 Å². The molecule has 4 aromatic carbocycles. The lowest BCUT2D eigenvalue weighted by atomic mass is 9.99. The summed E-state index contributed by atoms with van der Waals surface area (Å²) in [6.07, 6.45) is 2.40. The van der Waals surface area contributed by atoms with E-state index in [1.54, 1.807) is 36.4 Å². The Kier molecular flexibility index (Phi) is 14.2. The van der Waals surface area contributed by atoms with Crippen LogP contribution in [0.15, 0.2) is 97.1 Å². The molecule has 1 saturated heterocycles. The number of hydrogen-bond acceptors (Lipinski definition) is 9. The maximum atomic E-state index is 12.8. The zero-order valence-electron chi connectivity index (χ0n) is 29.6. The first-order valence-corrected chi connectivity index (χ1v) is 17.9. The molecular weight excluding hydrogens is 660 g/mol. The lowest BCUT2D eigenvalue weighted by molar-refractivity contribution is -0.252. The summed E-state index contributed by atoms with van der Waals surface area (Å²) in [6.45, 7) is 0.810. The molecule has 1 aliphatic heterocycles. The molecule has 11 heteroatoms. The van der Waals surface area contributed by atoms with Crippen molar-refractivity contribution < 1.29 is 34.4 Å². The van der Waals surface area contributed by atoms with E-state index in [1.807, 2.05) is 72.6 Å². The van der Waals surface area contributed by atoms with Crippen molar-refractivity contribution in [2.24, 2.45) is 0 Å². The predicted molar refractivity (Wildman–Crippen MR) is 201 cm³/mol. The number of rotatable bonds is 17. The minimum Gasteiger partial charge on any atom is -0.508 e. The van der Waals surface area contributed by atoms with E-state index in [-0.39, 0.29) is 36.4 Å². The van der Waals surface area contributed by atoms with Crippen LogP contribution in [0.3, 0.4) is 0 Å². The molecule has 0 spiro atoms. The molecule has 52 heavy (non-hydrogen) atoms. The summed E-state index contributed by atoms with van der Waals surface area (Å²) in [5.41, 5.74) is 10.9. The Morgan fingerprint density at radius 1 is 0.846 bits per heavy atom. The van der Waals surface area contributed by atoms with Crippen LogP contribution in [-0.2, 0) is 25.7 Å². The molecule has 0 unspecified atom stereocenters. The average molecular weight is 711 g/mol. The van der Waals surface area contributed by atoms with Gasteiger partial charge < -0.3 is 46.1 Å². The molecule has 0 aromatic heterocycles. The molecule has 4 atom stereocenters. The number of aliphatic hydroxyl groups is 2. The van der Waals surface area contributed by atoms with Crippen LogP contribution in [0.2, 0.25) is 0 Å². The number of hydrogen-bond donors (Lipinski definition) is 6. The lowest BCUT2D eigenvalue weighted by Crippen LogP contribution is -2.39. The van der Waals surface area contributed by atoms with Crippen molar-refractivity contribution in [1.29, 1.82) is 0 Å². The Bertz CT molecular complexity index is 1750. The summed E-state index contributed by atoms with van der Waals surface area (Å²) < 4.78 is 13.0.